The minimum absolute atomic E-state index is 0.00200. The van der Waals surface area contributed by atoms with Crippen molar-refractivity contribution in [3.05, 3.63) is 48.5 Å². The molecule has 1 saturated carbocycles. The van der Waals surface area contributed by atoms with Gasteiger partial charge in [0.15, 0.2) is 0 Å². The molecular weight excluding hydrogens is 474 g/mol. The van der Waals surface area contributed by atoms with Gasteiger partial charge in [-0.05, 0) is 50.5 Å². The van der Waals surface area contributed by atoms with Crippen LogP contribution < -0.4 is 19.2 Å². The average Bonchev–Trinajstić information content (AvgIpc) is 3.35. The van der Waals surface area contributed by atoms with Gasteiger partial charge >= 0.3 is 5.97 Å². The summed E-state index contributed by atoms with van der Waals surface area (Å²) in [5.74, 6) is -0.956. The van der Waals surface area contributed by atoms with Crippen molar-refractivity contribution >= 4 is 33.3 Å². The lowest BCUT2D eigenvalue weighted by Gasteiger charge is -2.25. The summed E-state index contributed by atoms with van der Waals surface area (Å²) in [6.07, 6.45) is 1.87. The van der Waals surface area contributed by atoms with E-state index < -0.39 is 28.4 Å². The smallest absolute Gasteiger partial charge is 0.314 e. The lowest BCUT2D eigenvalue weighted by atomic mass is 10.1. The lowest BCUT2D eigenvalue weighted by Crippen LogP contribution is -2.40. The third kappa shape index (κ3) is 6.10. The predicted octanol–water partition coefficient (Wildman–Crippen LogP) is 2.73. The molecule has 35 heavy (non-hydrogen) atoms. The first kappa shape index (κ1) is 26.0. The topological polar surface area (TPSA) is 124 Å². The second-order valence-electron chi connectivity index (χ2n) is 7.70. The molecule has 0 unspecified atom stereocenters. The number of nitrogens with one attached hydrogen (secondary N) is 1. The molecule has 1 amide bonds. The summed E-state index contributed by atoms with van der Waals surface area (Å²) >= 11 is 0. The minimum atomic E-state index is -4.16. The van der Waals surface area contributed by atoms with E-state index >= 15 is 0 Å². The van der Waals surface area contributed by atoms with Gasteiger partial charge in [-0.15, -0.1) is 0 Å². The van der Waals surface area contributed by atoms with Crippen LogP contribution in [0.4, 0.5) is 5.69 Å². The van der Waals surface area contributed by atoms with Crippen molar-refractivity contribution in [2.75, 3.05) is 31.7 Å². The number of hydrogen-bond donors (Lipinski definition) is 1. The van der Waals surface area contributed by atoms with Crippen LogP contribution in [0.3, 0.4) is 0 Å². The number of carbonyl (C=O) groups is 2. The fourth-order valence-corrected chi connectivity index (χ4v) is 5.21. The van der Waals surface area contributed by atoms with Gasteiger partial charge in [-0.2, -0.15) is 5.10 Å². The molecule has 1 fully saturated rings. The number of hydrazone groups is 1. The van der Waals surface area contributed by atoms with Crippen LogP contribution in [0.2, 0.25) is 0 Å². The van der Waals surface area contributed by atoms with Crippen LogP contribution in [0.15, 0.2) is 58.5 Å². The third-order valence-electron chi connectivity index (χ3n) is 5.50. The van der Waals surface area contributed by atoms with E-state index in [0.717, 1.165) is 10.7 Å². The van der Waals surface area contributed by atoms with Gasteiger partial charge in [-0.1, -0.05) is 18.2 Å². The van der Waals surface area contributed by atoms with E-state index in [0.29, 0.717) is 24.3 Å². The van der Waals surface area contributed by atoms with Crippen molar-refractivity contribution < 1.29 is 32.2 Å². The van der Waals surface area contributed by atoms with Gasteiger partial charge in [0.1, 0.15) is 18.0 Å². The fraction of sp³-hybridized carbons (Fsp3) is 0.375. The summed E-state index contributed by atoms with van der Waals surface area (Å²) < 4.78 is 43.8. The van der Waals surface area contributed by atoms with Gasteiger partial charge < -0.3 is 14.2 Å². The number of benzene rings is 2. The molecule has 3 rings (SSSR count). The Morgan fingerprint density at radius 3 is 2.51 bits per heavy atom. The summed E-state index contributed by atoms with van der Waals surface area (Å²) in [5.41, 5.74) is 3.04. The molecule has 0 spiro atoms. The largest absolute Gasteiger partial charge is 0.497 e. The molecule has 10 nitrogen and oxygen atoms in total. The minimum Gasteiger partial charge on any atom is -0.497 e. The first-order valence-electron chi connectivity index (χ1n) is 11.1. The third-order valence-corrected chi connectivity index (χ3v) is 7.27. The van der Waals surface area contributed by atoms with E-state index in [1.807, 2.05) is 0 Å². The molecule has 0 bridgehead atoms. The number of hydrogen-bond acceptors (Lipinski definition) is 8. The predicted molar refractivity (Wildman–Crippen MR) is 130 cm³/mol. The summed E-state index contributed by atoms with van der Waals surface area (Å²) in [6, 6.07) is 12.4. The fourth-order valence-electron chi connectivity index (χ4n) is 3.77. The van der Waals surface area contributed by atoms with Crippen LogP contribution in [0.25, 0.3) is 0 Å². The van der Waals surface area contributed by atoms with E-state index in [1.54, 1.807) is 37.3 Å². The summed E-state index contributed by atoms with van der Waals surface area (Å²) in [7, 11) is -1.31. The second kappa shape index (κ2) is 11.7. The molecule has 2 aromatic rings. The molecular formula is C24H29N3O7S. The van der Waals surface area contributed by atoms with Crippen molar-refractivity contribution in [1.29, 1.82) is 0 Å². The SMILES string of the molecule is CCOC(=O)[C@H]1CCC/C1=N\NC(=O)CN(c1cc(OC)ccc1OC)S(=O)(=O)c1ccccc1. The van der Waals surface area contributed by atoms with Gasteiger partial charge in [0.2, 0.25) is 0 Å². The average molecular weight is 504 g/mol. The maximum absolute atomic E-state index is 13.6. The van der Waals surface area contributed by atoms with Crippen LogP contribution in [-0.2, 0) is 24.3 Å². The van der Waals surface area contributed by atoms with Crippen molar-refractivity contribution in [3.8, 4) is 11.5 Å². The molecule has 188 valence electrons. The second-order valence-corrected chi connectivity index (χ2v) is 9.56. The van der Waals surface area contributed by atoms with Gasteiger partial charge in [0.25, 0.3) is 15.9 Å². The molecule has 0 radical (unpaired) electrons. The van der Waals surface area contributed by atoms with Crippen molar-refractivity contribution in [2.24, 2.45) is 11.0 Å². The van der Waals surface area contributed by atoms with E-state index in [2.05, 4.69) is 10.5 Å². The van der Waals surface area contributed by atoms with Crippen molar-refractivity contribution in [3.63, 3.8) is 0 Å². The normalized spacial score (nSPS) is 16.5. The van der Waals surface area contributed by atoms with Crippen LogP contribution >= 0.6 is 0 Å². The van der Waals surface area contributed by atoms with Gasteiger partial charge in [-0.25, -0.2) is 13.8 Å². The van der Waals surface area contributed by atoms with E-state index in [4.69, 9.17) is 14.2 Å². The highest BCUT2D eigenvalue weighted by atomic mass is 32.2. The number of anilines is 1. The number of nitrogens with zero attached hydrogens (tertiary/aromatic N) is 2. The number of esters is 1. The monoisotopic (exact) mass is 503 g/mol. The summed E-state index contributed by atoms with van der Waals surface area (Å²) in [6.45, 7) is 1.39. The van der Waals surface area contributed by atoms with Gasteiger partial charge in [0, 0.05) is 6.07 Å². The van der Waals surface area contributed by atoms with E-state index in [9.17, 15) is 18.0 Å². The molecule has 1 atom stereocenters. The summed E-state index contributed by atoms with van der Waals surface area (Å²) in [4.78, 5) is 25.1. The Kier molecular flexibility index (Phi) is 8.69. The standard InChI is InChI=1S/C24H29N3O7S/c1-4-34-24(29)19-11-8-12-20(19)25-26-23(28)16-27(35(30,31)18-9-6-5-7-10-18)21-15-17(32-2)13-14-22(21)33-3/h5-7,9-10,13-15,19H,4,8,11-12,16H2,1-3H3,(H,26,28)/b25-20+/t19-/m0/s1. The number of sulfonamides is 1. The zero-order valence-electron chi connectivity index (χ0n) is 19.9. The zero-order chi connectivity index (χ0) is 25.4. The highest BCUT2D eigenvalue weighted by molar-refractivity contribution is 7.92. The maximum Gasteiger partial charge on any atom is 0.314 e. The number of methoxy groups -OCH3 is 2. The molecule has 2 aromatic carbocycles. The highest BCUT2D eigenvalue weighted by Crippen LogP contribution is 2.35. The van der Waals surface area contributed by atoms with Crippen LogP contribution in [0, 0.1) is 5.92 Å². The van der Waals surface area contributed by atoms with Crippen LogP contribution in [0.5, 0.6) is 11.5 Å². The Morgan fingerprint density at radius 2 is 1.86 bits per heavy atom. The molecule has 0 aromatic heterocycles. The molecule has 0 aliphatic heterocycles. The quantitative estimate of drug-likeness (QED) is 0.391. The van der Waals surface area contributed by atoms with Crippen LogP contribution in [0.1, 0.15) is 26.2 Å². The molecule has 1 N–H and O–H groups in total. The number of carbonyl (C=O) groups excluding carboxylic acids is 2. The highest BCUT2D eigenvalue weighted by Gasteiger charge is 2.32. The molecule has 0 heterocycles. The van der Waals surface area contributed by atoms with Gasteiger partial charge in [0.05, 0.1) is 43.0 Å². The Bertz CT molecular complexity index is 1180. The number of rotatable bonds is 10. The molecule has 0 saturated heterocycles. The Morgan fingerprint density at radius 1 is 1.11 bits per heavy atom. The molecule has 11 heteroatoms. The van der Waals surface area contributed by atoms with Crippen molar-refractivity contribution in [1.82, 2.24) is 5.43 Å². The molecule has 1 aliphatic carbocycles. The Balaban J connectivity index is 1.92. The summed E-state index contributed by atoms with van der Waals surface area (Å²) in [5, 5.41) is 4.12. The number of amides is 1. The first-order chi connectivity index (χ1) is 16.8. The number of ether oxygens (including phenoxy) is 3. The maximum atomic E-state index is 13.6. The van der Waals surface area contributed by atoms with Crippen LogP contribution in [-0.4, -0.2) is 53.4 Å². The van der Waals surface area contributed by atoms with Gasteiger partial charge in [-0.3, -0.25) is 13.9 Å². The Labute approximate surface area is 204 Å². The van der Waals surface area contributed by atoms with Crippen molar-refractivity contribution in [2.45, 2.75) is 31.1 Å². The first-order valence-corrected chi connectivity index (χ1v) is 12.6. The lowest BCUT2D eigenvalue weighted by molar-refractivity contribution is -0.145. The van der Waals surface area contributed by atoms with E-state index in [1.165, 1.54) is 32.4 Å². The molecule has 1 aliphatic rings. The Hall–Kier alpha value is -3.60. The zero-order valence-corrected chi connectivity index (χ0v) is 20.7. The van der Waals surface area contributed by atoms with E-state index in [-0.39, 0.29) is 28.9 Å².